The highest BCUT2D eigenvalue weighted by atomic mass is 35.5. The number of benzene rings is 3. The van der Waals surface area contributed by atoms with Gasteiger partial charge in [0.15, 0.2) is 11.5 Å². The van der Waals surface area contributed by atoms with Crippen LogP contribution in [0.4, 0.5) is 4.79 Å². The Bertz CT molecular complexity index is 1430. The van der Waals surface area contributed by atoms with Crippen LogP contribution in [0.2, 0.25) is 5.02 Å². The van der Waals surface area contributed by atoms with E-state index in [0.29, 0.717) is 23.7 Å². The largest absolute Gasteiger partial charge is 0.490 e. The molecule has 38 heavy (non-hydrogen) atoms. The molecule has 2 aliphatic rings. The number of hydrogen-bond donors (Lipinski definition) is 1. The first-order valence-corrected chi connectivity index (χ1v) is 13.3. The molecule has 8 heteroatoms. The summed E-state index contributed by atoms with van der Waals surface area (Å²) in [5.74, 6) is -0.534. The molecule has 1 aliphatic heterocycles. The van der Waals surface area contributed by atoms with Gasteiger partial charge in [0.25, 0.3) is 11.8 Å². The Morgan fingerprint density at radius 3 is 2.50 bits per heavy atom. The van der Waals surface area contributed by atoms with Crippen molar-refractivity contribution in [1.82, 2.24) is 10.2 Å². The maximum absolute atomic E-state index is 13.3. The Kier molecular flexibility index (Phi) is 7.65. The number of imide groups is 2. The Balaban J connectivity index is 1.41. The number of amides is 4. The lowest BCUT2D eigenvalue weighted by Crippen LogP contribution is -2.58. The first-order valence-electron chi connectivity index (χ1n) is 12.9. The normalized spacial score (nSPS) is 17.7. The fourth-order valence-corrected chi connectivity index (χ4v) is 5.34. The van der Waals surface area contributed by atoms with Gasteiger partial charge >= 0.3 is 6.03 Å². The van der Waals surface area contributed by atoms with Crippen molar-refractivity contribution in [2.45, 2.75) is 51.7 Å². The minimum atomic E-state index is -0.724. The van der Waals surface area contributed by atoms with Crippen molar-refractivity contribution in [2.75, 3.05) is 6.61 Å². The number of hydrogen-bond acceptors (Lipinski definition) is 5. The first kappa shape index (κ1) is 25.8. The second-order valence-corrected chi connectivity index (χ2v) is 9.92. The predicted molar refractivity (Wildman–Crippen MR) is 146 cm³/mol. The topological polar surface area (TPSA) is 84.9 Å². The van der Waals surface area contributed by atoms with Crippen LogP contribution in [0.3, 0.4) is 0 Å². The third kappa shape index (κ3) is 5.38. The lowest BCUT2D eigenvalue weighted by atomic mass is 9.93. The molecule has 7 nitrogen and oxygen atoms in total. The van der Waals surface area contributed by atoms with Crippen LogP contribution in [-0.4, -0.2) is 35.4 Å². The average Bonchev–Trinajstić information content (AvgIpc) is 2.91. The van der Waals surface area contributed by atoms with E-state index in [1.165, 1.54) is 11.0 Å². The van der Waals surface area contributed by atoms with Crippen molar-refractivity contribution in [3.63, 3.8) is 0 Å². The second kappa shape index (κ2) is 11.3. The summed E-state index contributed by atoms with van der Waals surface area (Å²) >= 11 is 6.61. The van der Waals surface area contributed by atoms with E-state index < -0.39 is 17.8 Å². The highest BCUT2D eigenvalue weighted by Gasteiger charge is 2.40. The number of nitrogens with one attached hydrogen (secondary N) is 1. The summed E-state index contributed by atoms with van der Waals surface area (Å²) in [6.45, 7) is 2.49. The van der Waals surface area contributed by atoms with Crippen LogP contribution in [0.5, 0.6) is 11.5 Å². The van der Waals surface area contributed by atoms with Gasteiger partial charge in [0.1, 0.15) is 12.2 Å². The van der Waals surface area contributed by atoms with Crippen LogP contribution in [0, 0.1) is 0 Å². The monoisotopic (exact) mass is 532 g/mol. The lowest BCUT2D eigenvalue weighted by molar-refractivity contribution is -0.132. The third-order valence-corrected chi connectivity index (χ3v) is 7.19. The third-order valence-electron chi connectivity index (χ3n) is 6.91. The Labute approximate surface area is 226 Å². The predicted octanol–water partition coefficient (Wildman–Crippen LogP) is 6.27. The van der Waals surface area contributed by atoms with E-state index in [1.54, 1.807) is 12.1 Å². The molecule has 0 aromatic heterocycles. The highest BCUT2D eigenvalue weighted by molar-refractivity contribution is 6.33. The van der Waals surface area contributed by atoms with Gasteiger partial charge in [0.05, 0.1) is 11.6 Å². The van der Waals surface area contributed by atoms with Crippen molar-refractivity contribution in [3.05, 3.63) is 76.3 Å². The molecule has 0 radical (unpaired) electrons. The summed E-state index contributed by atoms with van der Waals surface area (Å²) < 4.78 is 11.9. The van der Waals surface area contributed by atoms with Gasteiger partial charge < -0.3 is 9.47 Å². The fourth-order valence-electron chi connectivity index (χ4n) is 5.07. The number of fused-ring (bicyclic) bond motifs is 1. The van der Waals surface area contributed by atoms with Gasteiger partial charge in [-0.2, -0.15) is 0 Å². The molecule has 1 saturated heterocycles. The molecule has 1 saturated carbocycles. The van der Waals surface area contributed by atoms with Crippen LogP contribution < -0.4 is 14.8 Å². The quantitative estimate of drug-likeness (QED) is 0.286. The molecule has 2 fully saturated rings. The van der Waals surface area contributed by atoms with Crippen molar-refractivity contribution in [1.29, 1.82) is 0 Å². The molecule has 0 atom stereocenters. The average molecular weight is 533 g/mol. The molecule has 0 bridgehead atoms. The van der Waals surface area contributed by atoms with Crippen LogP contribution in [0.25, 0.3) is 16.8 Å². The molecule has 1 heterocycles. The Hall–Kier alpha value is -3.84. The summed E-state index contributed by atoms with van der Waals surface area (Å²) in [7, 11) is 0. The highest BCUT2D eigenvalue weighted by Crippen LogP contribution is 2.38. The molecule has 3 aromatic carbocycles. The van der Waals surface area contributed by atoms with E-state index in [0.717, 1.165) is 48.4 Å². The zero-order valence-electron chi connectivity index (χ0n) is 21.2. The van der Waals surface area contributed by atoms with E-state index in [2.05, 4.69) is 17.4 Å². The van der Waals surface area contributed by atoms with E-state index >= 15 is 0 Å². The van der Waals surface area contributed by atoms with Crippen molar-refractivity contribution >= 4 is 46.3 Å². The molecule has 4 amide bonds. The summed E-state index contributed by atoms with van der Waals surface area (Å²) in [6.07, 6.45) is 5.90. The van der Waals surface area contributed by atoms with Gasteiger partial charge in [-0.15, -0.1) is 0 Å². The molecule has 196 valence electrons. The van der Waals surface area contributed by atoms with Gasteiger partial charge in [-0.05, 0) is 65.9 Å². The maximum Gasteiger partial charge on any atom is 0.331 e. The fraction of sp³-hybridized carbons (Fsp3) is 0.300. The molecule has 0 spiro atoms. The number of halogens is 1. The Morgan fingerprint density at radius 2 is 1.74 bits per heavy atom. The van der Waals surface area contributed by atoms with Gasteiger partial charge in [-0.25, -0.2) is 4.79 Å². The van der Waals surface area contributed by atoms with E-state index in [9.17, 15) is 14.4 Å². The molecule has 1 aliphatic carbocycles. The van der Waals surface area contributed by atoms with Gasteiger partial charge in [0.2, 0.25) is 0 Å². The molecule has 3 aromatic rings. The number of carbonyl (C=O) groups is 3. The molecular weight excluding hydrogens is 504 g/mol. The van der Waals surface area contributed by atoms with E-state index in [1.807, 2.05) is 37.3 Å². The summed E-state index contributed by atoms with van der Waals surface area (Å²) in [5, 5.41) is 4.86. The molecule has 5 rings (SSSR count). The standard InChI is InChI=1S/C30H29ClN2O5/c1-2-37-26-17-20(15-24-28(34)32-30(36)33(29(24)35)23-10-4-3-5-11-23)16-25(31)27(26)38-18-19-12-13-21-8-6-7-9-22(21)14-19/h6-9,12-17,23H,2-5,10-11,18H2,1H3,(H,32,34,36). The van der Waals surface area contributed by atoms with Crippen LogP contribution in [0.15, 0.2) is 60.2 Å². The van der Waals surface area contributed by atoms with Crippen molar-refractivity contribution < 1.29 is 23.9 Å². The van der Waals surface area contributed by atoms with Gasteiger partial charge in [0, 0.05) is 6.04 Å². The number of barbiturate groups is 1. The number of carbonyl (C=O) groups excluding carboxylic acids is 3. The molecule has 1 N–H and O–H groups in total. The number of urea groups is 1. The minimum absolute atomic E-state index is 0.112. The number of nitrogens with zero attached hydrogens (tertiary/aromatic N) is 1. The summed E-state index contributed by atoms with van der Waals surface area (Å²) in [5.41, 5.74) is 1.36. The van der Waals surface area contributed by atoms with E-state index in [4.69, 9.17) is 21.1 Å². The molecular formula is C30H29ClN2O5. The zero-order chi connectivity index (χ0) is 26.6. The lowest BCUT2D eigenvalue weighted by Gasteiger charge is -2.35. The summed E-state index contributed by atoms with van der Waals surface area (Å²) in [4.78, 5) is 39.6. The van der Waals surface area contributed by atoms with Gasteiger partial charge in [-0.3, -0.25) is 19.8 Å². The van der Waals surface area contributed by atoms with Crippen LogP contribution in [0.1, 0.15) is 50.2 Å². The Morgan fingerprint density at radius 1 is 0.974 bits per heavy atom. The van der Waals surface area contributed by atoms with Crippen molar-refractivity contribution in [3.8, 4) is 11.5 Å². The van der Waals surface area contributed by atoms with E-state index in [-0.39, 0.29) is 23.2 Å². The molecule has 0 unspecified atom stereocenters. The smallest absolute Gasteiger partial charge is 0.331 e. The van der Waals surface area contributed by atoms with Gasteiger partial charge in [-0.1, -0.05) is 67.3 Å². The second-order valence-electron chi connectivity index (χ2n) is 9.52. The first-order chi connectivity index (χ1) is 18.4. The van der Waals surface area contributed by atoms with Crippen molar-refractivity contribution in [2.24, 2.45) is 0 Å². The SMILES string of the molecule is CCOc1cc(C=C2C(=O)NC(=O)N(C3CCCCC3)C2=O)cc(Cl)c1OCc1ccc2ccccc2c1. The number of ether oxygens (including phenoxy) is 2. The minimum Gasteiger partial charge on any atom is -0.490 e. The maximum atomic E-state index is 13.3. The van der Waals surface area contributed by atoms with Crippen LogP contribution >= 0.6 is 11.6 Å². The number of rotatable bonds is 7. The summed E-state index contributed by atoms with van der Waals surface area (Å²) in [6, 6.07) is 16.6. The zero-order valence-corrected chi connectivity index (χ0v) is 21.9. The van der Waals surface area contributed by atoms with Crippen LogP contribution in [-0.2, 0) is 16.2 Å².